The molecule has 0 fully saturated rings. The first-order valence-corrected chi connectivity index (χ1v) is 20.5. The Bertz CT molecular complexity index is 3410. The molecule has 0 aliphatic rings. The Kier molecular flexibility index (Phi) is 7.20. The van der Waals surface area contributed by atoms with Crippen molar-refractivity contribution in [1.82, 2.24) is 24.7 Å². The Hall–Kier alpha value is -7.06. The zero-order chi connectivity index (χ0) is 37.5. The second-order valence-electron chi connectivity index (χ2n) is 14.2. The Balaban J connectivity index is 1.09. The third-order valence-electron chi connectivity index (χ3n) is 10.9. The van der Waals surface area contributed by atoms with Gasteiger partial charge in [-0.25, -0.2) is 19.6 Å². The molecule has 0 N–H and O–H groups in total. The van der Waals surface area contributed by atoms with Gasteiger partial charge in [-0.2, -0.15) is 5.10 Å². The highest BCUT2D eigenvalue weighted by atomic mass is 32.1. The van der Waals surface area contributed by atoms with Crippen LogP contribution in [0.5, 0.6) is 0 Å². The lowest BCUT2D eigenvalue weighted by atomic mass is 10.0. The van der Waals surface area contributed by atoms with Gasteiger partial charge in [0.1, 0.15) is 5.69 Å². The lowest BCUT2D eigenvalue weighted by molar-refractivity contribution is 0.918. The smallest absolute Gasteiger partial charge is 0.165 e. The molecule has 0 radical (unpaired) electrons. The van der Waals surface area contributed by atoms with Crippen LogP contribution in [-0.4, -0.2) is 24.7 Å². The summed E-state index contributed by atoms with van der Waals surface area (Å²) < 4.78 is 6.90. The Labute approximate surface area is 334 Å². The number of aromatic nitrogens is 5. The molecule has 7 heteroatoms. The molecule has 57 heavy (non-hydrogen) atoms. The van der Waals surface area contributed by atoms with Gasteiger partial charge in [0, 0.05) is 73.4 Å². The van der Waals surface area contributed by atoms with E-state index in [-0.39, 0.29) is 0 Å². The molecule has 8 aromatic carbocycles. The van der Waals surface area contributed by atoms with Crippen LogP contribution in [0.25, 0.3) is 113 Å². The lowest BCUT2D eigenvalue weighted by Crippen LogP contribution is -2.00. The molecule has 0 aliphatic heterocycles. The molecule has 4 aromatic heterocycles. The fourth-order valence-corrected chi connectivity index (χ4v) is 10.7. The summed E-state index contributed by atoms with van der Waals surface area (Å²) in [5.74, 6) is 1.92. The van der Waals surface area contributed by atoms with Gasteiger partial charge in [0.2, 0.25) is 0 Å². The van der Waals surface area contributed by atoms with Crippen LogP contribution < -0.4 is 0 Å². The summed E-state index contributed by atoms with van der Waals surface area (Å²) in [5, 5.41) is 13.6. The molecule has 0 unspecified atom stereocenters. The summed E-state index contributed by atoms with van der Waals surface area (Å²) in [7, 11) is 0. The van der Waals surface area contributed by atoms with Gasteiger partial charge in [-0.3, -0.25) is 0 Å². The maximum Gasteiger partial charge on any atom is 0.165 e. The molecular formula is C50H29N5S2. The van der Waals surface area contributed by atoms with E-state index in [1.807, 2.05) is 6.07 Å². The molecule has 266 valence electrons. The summed E-state index contributed by atoms with van der Waals surface area (Å²) >= 11 is 3.57. The zero-order valence-electron chi connectivity index (χ0n) is 30.3. The molecule has 0 bridgehead atoms. The highest BCUT2D eigenvalue weighted by Gasteiger charge is 2.21. The molecule has 0 aliphatic carbocycles. The molecule has 0 spiro atoms. The number of benzene rings is 8. The molecule has 12 aromatic rings. The van der Waals surface area contributed by atoms with Crippen molar-refractivity contribution < 1.29 is 0 Å². The maximum atomic E-state index is 5.32. The van der Waals surface area contributed by atoms with Gasteiger partial charge >= 0.3 is 0 Å². The van der Waals surface area contributed by atoms with Gasteiger partial charge in [0.15, 0.2) is 17.5 Å². The highest BCUT2D eigenvalue weighted by molar-refractivity contribution is 7.26. The molecule has 12 rings (SSSR count). The average Bonchev–Trinajstić information content (AvgIpc) is 3.99. The quantitative estimate of drug-likeness (QED) is 0.175. The van der Waals surface area contributed by atoms with Crippen molar-refractivity contribution in [2.75, 3.05) is 0 Å². The predicted octanol–water partition coefficient (Wildman–Crippen LogP) is 13.8. The van der Waals surface area contributed by atoms with Crippen LogP contribution in [-0.2, 0) is 0 Å². The van der Waals surface area contributed by atoms with Crippen LogP contribution in [0, 0.1) is 0 Å². The minimum Gasteiger partial charge on any atom is -0.232 e. The minimum absolute atomic E-state index is 0.616. The van der Waals surface area contributed by atoms with Crippen molar-refractivity contribution in [2.45, 2.75) is 0 Å². The van der Waals surface area contributed by atoms with Gasteiger partial charge < -0.3 is 0 Å². The first-order chi connectivity index (χ1) is 28.2. The van der Waals surface area contributed by atoms with E-state index in [0.29, 0.717) is 17.5 Å². The first-order valence-electron chi connectivity index (χ1n) is 18.9. The molecule has 0 atom stereocenters. The van der Waals surface area contributed by atoms with Gasteiger partial charge in [-0.1, -0.05) is 127 Å². The van der Waals surface area contributed by atoms with Gasteiger partial charge in [0.05, 0.1) is 11.2 Å². The SMILES string of the molecule is c1ccc(-n2nc(-c3cccc(-c4nc(-c5cccc6c5sc5ccccc56)nc(-c5cccc6c5sc5ccccc56)n4)c3)c3ccc4ccccc4c32)cc1. The summed E-state index contributed by atoms with van der Waals surface area (Å²) in [4.78, 5) is 15.9. The van der Waals surface area contributed by atoms with E-state index in [9.17, 15) is 0 Å². The largest absolute Gasteiger partial charge is 0.232 e. The number of nitrogens with zero attached hydrogens (tertiary/aromatic N) is 5. The fraction of sp³-hybridized carbons (Fsp3) is 0. The molecule has 0 saturated heterocycles. The van der Waals surface area contributed by atoms with E-state index >= 15 is 0 Å². The van der Waals surface area contributed by atoms with Crippen molar-refractivity contribution in [3.05, 3.63) is 176 Å². The average molecular weight is 764 g/mol. The number of thiophene rings is 2. The van der Waals surface area contributed by atoms with E-state index in [1.165, 1.54) is 45.7 Å². The number of hydrogen-bond donors (Lipinski definition) is 0. The lowest BCUT2D eigenvalue weighted by Gasteiger charge is -2.10. The zero-order valence-corrected chi connectivity index (χ0v) is 31.9. The number of rotatable bonds is 5. The number of para-hydroxylation sites is 1. The van der Waals surface area contributed by atoms with Crippen LogP contribution in [0.15, 0.2) is 176 Å². The highest BCUT2D eigenvalue weighted by Crippen LogP contribution is 2.43. The van der Waals surface area contributed by atoms with Crippen molar-refractivity contribution in [1.29, 1.82) is 0 Å². The van der Waals surface area contributed by atoms with Crippen LogP contribution in [0.1, 0.15) is 0 Å². The van der Waals surface area contributed by atoms with Crippen LogP contribution in [0.3, 0.4) is 0 Å². The topological polar surface area (TPSA) is 56.5 Å². The fourth-order valence-electron chi connectivity index (χ4n) is 8.25. The molecule has 0 amide bonds. The Morgan fingerprint density at radius 1 is 0.386 bits per heavy atom. The minimum atomic E-state index is 0.616. The summed E-state index contributed by atoms with van der Waals surface area (Å²) in [6, 6.07) is 61.9. The van der Waals surface area contributed by atoms with Crippen molar-refractivity contribution in [2.24, 2.45) is 0 Å². The summed E-state index contributed by atoms with van der Waals surface area (Å²) in [6.45, 7) is 0. The third-order valence-corrected chi connectivity index (χ3v) is 13.3. The Morgan fingerprint density at radius 3 is 1.61 bits per heavy atom. The second-order valence-corrected chi connectivity index (χ2v) is 16.3. The Morgan fingerprint density at radius 2 is 0.930 bits per heavy atom. The van der Waals surface area contributed by atoms with E-state index in [1.54, 1.807) is 22.7 Å². The second kappa shape index (κ2) is 12.7. The standard InChI is InChI=1S/C50H29N5S2/c1-2-16-33(17-3-1)55-45-34-18-5-4-13-30(34)27-28-39(45)44(54-55)31-14-10-15-32(29-31)48-51-49(40-23-11-21-37-35-19-6-8-25-42(35)56-46(37)40)53-50(52-48)41-24-12-22-38-36-20-7-9-26-43(36)57-47(38)41/h1-29H. The number of fused-ring (bicyclic) bond motifs is 9. The van der Waals surface area contributed by atoms with Crippen LogP contribution in [0.4, 0.5) is 0 Å². The van der Waals surface area contributed by atoms with Gasteiger partial charge in [-0.15, -0.1) is 22.7 Å². The van der Waals surface area contributed by atoms with Crippen molar-refractivity contribution in [3.8, 4) is 51.1 Å². The maximum absolute atomic E-state index is 5.32. The molecule has 4 heterocycles. The van der Waals surface area contributed by atoms with Crippen molar-refractivity contribution >= 4 is 84.7 Å². The van der Waals surface area contributed by atoms with E-state index in [0.717, 1.165) is 49.9 Å². The normalized spacial score (nSPS) is 11.9. The molecular weight excluding hydrogens is 735 g/mol. The number of hydrogen-bond acceptors (Lipinski definition) is 6. The summed E-state index contributed by atoms with van der Waals surface area (Å²) in [5.41, 5.74) is 6.88. The van der Waals surface area contributed by atoms with Crippen LogP contribution in [0.2, 0.25) is 0 Å². The molecule has 5 nitrogen and oxygen atoms in total. The third kappa shape index (κ3) is 5.13. The predicted molar refractivity (Wildman–Crippen MR) is 239 cm³/mol. The van der Waals surface area contributed by atoms with E-state index in [4.69, 9.17) is 20.1 Å². The van der Waals surface area contributed by atoms with Crippen molar-refractivity contribution in [3.63, 3.8) is 0 Å². The first kappa shape index (κ1) is 32.2. The summed E-state index contributed by atoms with van der Waals surface area (Å²) in [6.07, 6.45) is 0. The van der Waals surface area contributed by atoms with E-state index in [2.05, 4.69) is 175 Å². The van der Waals surface area contributed by atoms with E-state index < -0.39 is 0 Å². The van der Waals surface area contributed by atoms with Gasteiger partial charge in [0.25, 0.3) is 0 Å². The van der Waals surface area contributed by atoms with Crippen LogP contribution >= 0.6 is 22.7 Å². The molecule has 0 saturated carbocycles. The monoisotopic (exact) mass is 763 g/mol. The van der Waals surface area contributed by atoms with Gasteiger partial charge in [-0.05, 0) is 53.9 Å².